The first-order chi connectivity index (χ1) is 8.41. The third kappa shape index (κ3) is 1.96. The van der Waals surface area contributed by atoms with E-state index in [0.29, 0.717) is 5.65 Å². The van der Waals surface area contributed by atoms with Crippen molar-refractivity contribution in [3.63, 3.8) is 0 Å². The van der Waals surface area contributed by atoms with Crippen molar-refractivity contribution in [3.8, 4) is 0 Å². The van der Waals surface area contributed by atoms with E-state index in [-0.39, 0.29) is 5.92 Å². The molecule has 0 amide bonds. The molecule has 0 bridgehead atoms. The number of carboxylic acid groups (broad SMARTS) is 1. The number of carboxylic acids is 1. The fourth-order valence-electron chi connectivity index (χ4n) is 2.00. The van der Waals surface area contributed by atoms with Gasteiger partial charge in [0.2, 0.25) is 0 Å². The van der Waals surface area contributed by atoms with Gasteiger partial charge in [0.1, 0.15) is 17.4 Å². The first kappa shape index (κ1) is 12.5. The van der Waals surface area contributed by atoms with Crippen molar-refractivity contribution in [3.05, 3.63) is 23.7 Å². The quantitative estimate of drug-likeness (QED) is 0.904. The van der Waals surface area contributed by atoms with E-state index < -0.39 is 12.0 Å². The normalized spacial score (nSPS) is 13.2. The lowest BCUT2D eigenvalue weighted by Crippen LogP contribution is -2.19. The van der Waals surface area contributed by atoms with Crippen molar-refractivity contribution in [2.24, 2.45) is 0 Å². The van der Waals surface area contributed by atoms with Crippen LogP contribution in [0, 0.1) is 6.92 Å². The van der Waals surface area contributed by atoms with Crippen LogP contribution >= 0.6 is 0 Å². The number of aromatic nitrogens is 3. The second-order valence-corrected chi connectivity index (χ2v) is 4.86. The van der Waals surface area contributed by atoms with Crippen molar-refractivity contribution in [2.45, 2.75) is 39.7 Å². The standard InChI is InChI=1S/C13H17N3O2/c1-7(2)11-15-10-5-8(3)6-14-12(10)16(11)9(4)13(17)18/h5-7,9H,1-4H3,(H,17,18). The summed E-state index contributed by atoms with van der Waals surface area (Å²) in [4.78, 5) is 20.0. The van der Waals surface area contributed by atoms with E-state index in [4.69, 9.17) is 0 Å². The zero-order valence-corrected chi connectivity index (χ0v) is 11.0. The minimum absolute atomic E-state index is 0.154. The Morgan fingerprint density at radius 1 is 1.39 bits per heavy atom. The van der Waals surface area contributed by atoms with E-state index in [1.54, 1.807) is 17.7 Å². The molecule has 0 radical (unpaired) electrons. The molecule has 0 aliphatic carbocycles. The topological polar surface area (TPSA) is 68.0 Å². The number of fused-ring (bicyclic) bond motifs is 1. The molecule has 1 atom stereocenters. The highest BCUT2D eigenvalue weighted by Gasteiger charge is 2.23. The van der Waals surface area contributed by atoms with Gasteiger partial charge in [-0.1, -0.05) is 13.8 Å². The van der Waals surface area contributed by atoms with Crippen LogP contribution in [0.4, 0.5) is 0 Å². The van der Waals surface area contributed by atoms with Crippen LogP contribution in [0.15, 0.2) is 12.3 Å². The van der Waals surface area contributed by atoms with E-state index in [0.717, 1.165) is 16.9 Å². The molecule has 0 saturated heterocycles. The molecule has 96 valence electrons. The molecule has 2 aromatic heterocycles. The summed E-state index contributed by atoms with van der Waals surface area (Å²) < 4.78 is 1.71. The molecular formula is C13H17N3O2. The van der Waals surface area contributed by atoms with Crippen LogP contribution in [-0.4, -0.2) is 25.6 Å². The van der Waals surface area contributed by atoms with Crippen molar-refractivity contribution < 1.29 is 9.90 Å². The lowest BCUT2D eigenvalue weighted by atomic mass is 10.2. The zero-order chi connectivity index (χ0) is 13.4. The summed E-state index contributed by atoms with van der Waals surface area (Å²) in [6, 6.07) is 1.27. The third-order valence-electron chi connectivity index (χ3n) is 2.96. The Bertz CT molecular complexity index is 602. The van der Waals surface area contributed by atoms with Gasteiger partial charge in [0.15, 0.2) is 5.65 Å². The Balaban J connectivity index is 2.74. The van der Waals surface area contributed by atoms with Gasteiger partial charge in [-0.05, 0) is 25.5 Å². The molecule has 1 unspecified atom stereocenters. The second-order valence-electron chi connectivity index (χ2n) is 4.86. The molecule has 1 N–H and O–H groups in total. The number of carbonyl (C=O) groups is 1. The predicted octanol–water partition coefficient (Wildman–Crippen LogP) is 2.51. The van der Waals surface area contributed by atoms with Crippen LogP contribution in [-0.2, 0) is 4.79 Å². The number of aliphatic carboxylic acids is 1. The second kappa shape index (κ2) is 4.40. The van der Waals surface area contributed by atoms with Gasteiger partial charge in [-0.25, -0.2) is 14.8 Å². The molecule has 0 aromatic carbocycles. The van der Waals surface area contributed by atoms with Crippen LogP contribution in [0.3, 0.4) is 0 Å². The molecule has 5 heteroatoms. The Labute approximate surface area is 105 Å². The number of hydrogen-bond acceptors (Lipinski definition) is 3. The first-order valence-electron chi connectivity index (χ1n) is 5.99. The highest BCUT2D eigenvalue weighted by Crippen LogP contribution is 2.25. The van der Waals surface area contributed by atoms with Crippen LogP contribution in [0.5, 0.6) is 0 Å². The van der Waals surface area contributed by atoms with Gasteiger partial charge in [0, 0.05) is 12.1 Å². The summed E-state index contributed by atoms with van der Waals surface area (Å²) >= 11 is 0. The van der Waals surface area contributed by atoms with Crippen molar-refractivity contribution in [1.29, 1.82) is 0 Å². The minimum Gasteiger partial charge on any atom is -0.480 e. The van der Waals surface area contributed by atoms with E-state index in [9.17, 15) is 9.90 Å². The number of rotatable bonds is 3. The molecule has 0 fully saturated rings. The summed E-state index contributed by atoms with van der Waals surface area (Å²) in [5.41, 5.74) is 2.41. The fourth-order valence-corrected chi connectivity index (χ4v) is 2.00. The Kier molecular flexibility index (Phi) is 3.07. The molecule has 0 aliphatic heterocycles. The number of aryl methyl sites for hydroxylation is 1. The Hall–Kier alpha value is -1.91. The fraction of sp³-hybridized carbons (Fsp3) is 0.462. The maximum absolute atomic E-state index is 11.2. The van der Waals surface area contributed by atoms with Crippen LogP contribution < -0.4 is 0 Å². The van der Waals surface area contributed by atoms with Crippen LogP contribution in [0.2, 0.25) is 0 Å². The molecule has 0 spiro atoms. The number of imidazole rings is 1. The average molecular weight is 247 g/mol. The smallest absolute Gasteiger partial charge is 0.326 e. The van der Waals surface area contributed by atoms with Crippen molar-refractivity contribution in [2.75, 3.05) is 0 Å². The highest BCUT2D eigenvalue weighted by molar-refractivity contribution is 5.78. The van der Waals surface area contributed by atoms with E-state index >= 15 is 0 Å². The van der Waals surface area contributed by atoms with Gasteiger partial charge in [-0.15, -0.1) is 0 Å². The summed E-state index contributed by atoms with van der Waals surface area (Å²) in [6.45, 7) is 7.59. The van der Waals surface area contributed by atoms with Gasteiger partial charge in [-0.3, -0.25) is 4.57 Å². The lowest BCUT2D eigenvalue weighted by Gasteiger charge is -2.14. The first-order valence-corrected chi connectivity index (χ1v) is 5.99. The van der Waals surface area contributed by atoms with Crippen LogP contribution in [0.1, 0.15) is 44.1 Å². The molecule has 2 rings (SSSR count). The van der Waals surface area contributed by atoms with Gasteiger partial charge >= 0.3 is 5.97 Å². The van der Waals surface area contributed by atoms with E-state index in [1.807, 2.05) is 26.8 Å². The summed E-state index contributed by atoms with van der Waals surface area (Å²) in [6.07, 6.45) is 1.74. The average Bonchev–Trinajstić information content (AvgIpc) is 2.66. The Morgan fingerprint density at radius 2 is 2.06 bits per heavy atom. The zero-order valence-electron chi connectivity index (χ0n) is 11.0. The SMILES string of the molecule is Cc1cnc2c(c1)nc(C(C)C)n2C(C)C(=O)O. The van der Waals surface area contributed by atoms with Gasteiger partial charge in [-0.2, -0.15) is 0 Å². The number of nitrogens with zero attached hydrogens (tertiary/aromatic N) is 3. The molecule has 0 saturated carbocycles. The molecule has 18 heavy (non-hydrogen) atoms. The number of hydrogen-bond donors (Lipinski definition) is 1. The summed E-state index contributed by atoms with van der Waals surface area (Å²) in [5, 5.41) is 9.20. The maximum Gasteiger partial charge on any atom is 0.326 e. The third-order valence-corrected chi connectivity index (χ3v) is 2.96. The van der Waals surface area contributed by atoms with E-state index in [2.05, 4.69) is 9.97 Å². The van der Waals surface area contributed by atoms with Crippen molar-refractivity contribution >= 4 is 17.1 Å². The summed E-state index contributed by atoms with van der Waals surface area (Å²) in [5.74, 6) is 0.0397. The lowest BCUT2D eigenvalue weighted by molar-refractivity contribution is -0.140. The molecule has 2 heterocycles. The minimum atomic E-state index is -0.876. The van der Waals surface area contributed by atoms with Crippen LogP contribution in [0.25, 0.3) is 11.2 Å². The molecule has 2 aromatic rings. The monoisotopic (exact) mass is 247 g/mol. The summed E-state index contributed by atoms with van der Waals surface area (Å²) in [7, 11) is 0. The van der Waals surface area contributed by atoms with Crippen molar-refractivity contribution in [1.82, 2.24) is 14.5 Å². The van der Waals surface area contributed by atoms with Gasteiger partial charge in [0.25, 0.3) is 0 Å². The van der Waals surface area contributed by atoms with Gasteiger partial charge < -0.3 is 5.11 Å². The van der Waals surface area contributed by atoms with Gasteiger partial charge in [0.05, 0.1) is 0 Å². The van der Waals surface area contributed by atoms with E-state index in [1.165, 1.54) is 0 Å². The maximum atomic E-state index is 11.2. The Morgan fingerprint density at radius 3 is 2.61 bits per heavy atom. The molecule has 5 nitrogen and oxygen atoms in total. The molecular weight excluding hydrogens is 230 g/mol. The highest BCUT2D eigenvalue weighted by atomic mass is 16.4. The predicted molar refractivity (Wildman–Crippen MR) is 68.7 cm³/mol. The largest absolute Gasteiger partial charge is 0.480 e. The number of pyridine rings is 1. The molecule has 0 aliphatic rings.